The van der Waals surface area contributed by atoms with Crippen molar-refractivity contribution in [3.63, 3.8) is 0 Å². The standard InChI is InChI=1S/2C23H22N8O4.CH4/c1-14-18(12-35-26-14)21(32)30-8-9-31-22(33)19-10-15(20-24-27-28(2)25-20)11-29(19)13-23(30,31)16-4-6-17(34-3)7-5-16;1-14-18(12-35-25-14)21(32)30-8-9-31-22(33)19-10-15(20-24-26-27-28(20)2)11-29(19)13-23(30,31)16-4-6-17(34-3)7-5-16;/h2*4-7,10-12H,8-9,13H2,1-3H3;1H4. The van der Waals surface area contributed by atoms with Crippen LogP contribution in [0.25, 0.3) is 22.8 Å². The number of hydrogen-bond donors (Lipinski definition) is 0. The van der Waals surface area contributed by atoms with Gasteiger partial charge in [0.25, 0.3) is 23.6 Å². The third kappa shape index (κ3) is 7.02. The molecule has 0 spiro atoms. The molecule has 12 rings (SSSR count). The maximum absolute atomic E-state index is 13.8. The molecule has 2 aromatic carbocycles. The Kier molecular flexibility index (Phi) is 11.1. The Morgan fingerprint density at radius 1 is 0.648 bits per heavy atom. The van der Waals surface area contributed by atoms with E-state index in [9.17, 15) is 19.2 Å². The number of fused-ring (bicyclic) bond motifs is 4. The highest BCUT2D eigenvalue weighted by Crippen LogP contribution is 2.47. The van der Waals surface area contributed by atoms with Crippen molar-refractivity contribution in [1.82, 2.24) is 79.5 Å². The van der Waals surface area contributed by atoms with E-state index in [4.69, 9.17) is 18.5 Å². The second kappa shape index (κ2) is 17.2. The highest BCUT2D eigenvalue weighted by atomic mass is 16.5. The van der Waals surface area contributed by atoms with Crippen molar-refractivity contribution in [3.8, 4) is 34.3 Å². The number of nitrogens with zero attached hydrogens (tertiary/aromatic N) is 16. The van der Waals surface area contributed by atoms with Crippen LogP contribution in [0.4, 0.5) is 0 Å². The molecule has 4 amide bonds. The average Bonchev–Trinajstić information content (AvgIpc) is 4.23. The molecule has 2 fully saturated rings. The summed E-state index contributed by atoms with van der Waals surface area (Å²) in [4.78, 5) is 63.5. The number of tetrazole rings is 2. The van der Waals surface area contributed by atoms with E-state index in [1.165, 1.54) is 17.3 Å². The van der Waals surface area contributed by atoms with E-state index in [0.29, 0.717) is 102 Å². The summed E-state index contributed by atoms with van der Waals surface area (Å²) in [6.07, 6.45) is 6.39. The molecule has 71 heavy (non-hydrogen) atoms. The third-order valence-electron chi connectivity index (χ3n) is 13.6. The van der Waals surface area contributed by atoms with E-state index in [1.807, 2.05) is 70.1 Å². The molecule has 4 aliphatic heterocycles. The van der Waals surface area contributed by atoms with E-state index in [1.54, 1.807) is 78.6 Å². The zero-order chi connectivity index (χ0) is 48.6. The van der Waals surface area contributed by atoms with Crippen LogP contribution in [-0.2, 0) is 38.5 Å². The summed E-state index contributed by atoms with van der Waals surface area (Å²) in [6, 6.07) is 18.5. The Morgan fingerprint density at radius 2 is 1.13 bits per heavy atom. The first-order valence-electron chi connectivity index (χ1n) is 22.1. The lowest BCUT2D eigenvalue weighted by atomic mass is 9.93. The molecular weight excluding hydrogens is 917 g/mol. The van der Waals surface area contributed by atoms with Gasteiger partial charge in [-0.15, -0.1) is 15.3 Å². The molecule has 0 saturated carbocycles. The summed E-state index contributed by atoms with van der Waals surface area (Å²) in [5, 5.41) is 31.7. The lowest BCUT2D eigenvalue weighted by Crippen LogP contribution is -2.60. The van der Waals surface area contributed by atoms with Gasteiger partial charge < -0.3 is 47.3 Å². The maximum atomic E-state index is 13.8. The highest BCUT2D eigenvalue weighted by Gasteiger charge is 2.58. The first-order valence-corrected chi connectivity index (χ1v) is 22.1. The van der Waals surface area contributed by atoms with E-state index in [0.717, 1.165) is 16.7 Å². The van der Waals surface area contributed by atoms with Crippen LogP contribution in [0.2, 0.25) is 0 Å². The Morgan fingerprint density at radius 3 is 1.54 bits per heavy atom. The third-order valence-corrected chi connectivity index (χ3v) is 13.6. The summed E-state index contributed by atoms with van der Waals surface area (Å²) in [5.74, 6) is 1.49. The van der Waals surface area contributed by atoms with Crippen LogP contribution in [-0.4, -0.2) is 143 Å². The minimum absolute atomic E-state index is 0. The molecule has 364 valence electrons. The summed E-state index contributed by atoms with van der Waals surface area (Å²) in [7, 11) is 6.62. The van der Waals surface area contributed by atoms with Gasteiger partial charge in [-0.3, -0.25) is 19.2 Å². The molecule has 24 nitrogen and oxygen atoms in total. The fraction of sp³-hybridized carbons (Fsp3) is 0.319. The van der Waals surface area contributed by atoms with E-state index in [2.05, 4.69) is 41.2 Å². The molecule has 0 radical (unpaired) electrons. The van der Waals surface area contributed by atoms with Gasteiger partial charge in [-0.2, -0.15) is 4.80 Å². The van der Waals surface area contributed by atoms with Gasteiger partial charge in [0, 0.05) is 67.9 Å². The number of benzene rings is 2. The van der Waals surface area contributed by atoms with Crippen LogP contribution in [0.1, 0.15) is 71.6 Å². The molecule has 2 atom stereocenters. The Hall–Kier alpha value is -8.96. The predicted octanol–water partition coefficient (Wildman–Crippen LogP) is 3.53. The minimum atomic E-state index is -1.05. The molecule has 24 heteroatoms. The minimum Gasteiger partial charge on any atom is -0.497 e. The zero-order valence-electron chi connectivity index (χ0n) is 38.7. The normalized spacial score (nSPS) is 18.8. The van der Waals surface area contributed by atoms with E-state index < -0.39 is 11.3 Å². The van der Waals surface area contributed by atoms with Crippen LogP contribution >= 0.6 is 0 Å². The lowest BCUT2D eigenvalue weighted by Gasteiger charge is -2.47. The number of rotatable bonds is 8. The number of hydrogen-bond acceptors (Lipinski definition) is 16. The number of carbonyl (C=O) groups is 4. The van der Waals surface area contributed by atoms with Crippen LogP contribution < -0.4 is 9.47 Å². The second-order valence-corrected chi connectivity index (χ2v) is 17.3. The van der Waals surface area contributed by atoms with E-state index in [-0.39, 0.29) is 31.1 Å². The quantitative estimate of drug-likeness (QED) is 0.211. The first-order chi connectivity index (χ1) is 33.9. The summed E-state index contributed by atoms with van der Waals surface area (Å²) < 4.78 is 26.0. The predicted molar refractivity (Wildman–Crippen MR) is 247 cm³/mol. The Balaban J connectivity index is 0.000000162. The maximum Gasteiger partial charge on any atom is 0.272 e. The Labute approximate surface area is 404 Å². The van der Waals surface area contributed by atoms with Crippen molar-refractivity contribution in [2.75, 3.05) is 40.4 Å². The van der Waals surface area contributed by atoms with Gasteiger partial charge in [-0.1, -0.05) is 42.0 Å². The fourth-order valence-electron chi connectivity index (χ4n) is 10.2. The van der Waals surface area contributed by atoms with Gasteiger partial charge in [0.2, 0.25) is 5.82 Å². The number of aromatic nitrogens is 12. The molecule has 4 aliphatic rings. The number of amides is 4. The SMILES string of the molecule is C.COc1ccc(C23Cn4cc(-c5nnn(C)n5)cc4C(=O)N2CCN3C(=O)c2conc2C)cc1.COc1ccc(C23Cn4cc(-c5nnnn5C)cc4C(=O)N2CCN3C(=O)c2conc2C)cc1. The van der Waals surface area contributed by atoms with Crippen molar-refractivity contribution < 1.29 is 37.7 Å². The molecule has 2 saturated heterocycles. The molecule has 0 bridgehead atoms. The molecule has 2 unspecified atom stereocenters. The van der Waals surface area contributed by atoms with Gasteiger partial charge >= 0.3 is 0 Å². The summed E-state index contributed by atoms with van der Waals surface area (Å²) in [5.41, 5.74) is 3.66. The van der Waals surface area contributed by atoms with Crippen LogP contribution in [0.3, 0.4) is 0 Å². The van der Waals surface area contributed by atoms with Crippen molar-refractivity contribution in [1.29, 1.82) is 0 Å². The summed E-state index contributed by atoms with van der Waals surface area (Å²) >= 11 is 0. The van der Waals surface area contributed by atoms with Gasteiger partial charge in [-0.25, -0.2) is 4.68 Å². The van der Waals surface area contributed by atoms with Gasteiger partial charge in [0.1, 0.15) is 46.5 Å². The number of methoxy groups -OCH3 is 2. The van der Waals surface area contributed by atoms with Crippen molar-refractivity contribution in [3.05, 3.63) is 131 Å². The van der Waals surface area contributed by atoms with Crippen molar-refractivity contribution >= 4 is 23.6 Å². The largest absolute Gasteiger partial charge is 0.497 e. The first kappa shape index (κ1) is 45.8. The number of aryl methyl sites for hydroxylation is 4. The average molecular weight is 965 g/mol. The van der Waals surface area contributed by atoms with Crippen molar-refractivity contribution in [2.24, 2.45) is 14.1 Å². The molecule has 0 N–H and O–H groups in total. The Bertz CT molecular complexity index is 3350. The van der Waals surface area contributed by atoms with E-state index >= 15 is 0 Å². The number of ether oxygens (including phenoxy) is 2. The monoisotopic (exact) mass is 964 g/mol. The smallest absolute Gasteiger partial charge is 0.272 e. The topological polar surface area (TPSA) is 249 Å². The van der Waals surface area contributed by atoms with Gasteiger partial charge in [0.15, 0.2) is 17.2 Å². The van der Waals surface area contributed by atoms with Gasteiger partial charge in [-0.05, 0) is 65.9 Å². The zero-order valence-corrected chi connectivity index (χ0v) is 38.7. The fourth-order valence-corrected chi connectivity index (χ4v) is 10.2. The van der Waals surface area contributed by atoms with Crippen LogP contribution in [0.15, 0.2) is 94.6 Å². The van der Waals surface area contributed by atoms with Crippen LogP contribution in [0, 0.1) is 13.8 Å². The molecule has 6 aromatic heterocycles. The lowest BCUT2D eigenvalue weighted by molar-refractivity contribution is -0.00700. The molecular formula is C47H48N16O8. The molecule has 0 aliphatic carbocycles. The summed E-state index contributed by atoms with van der Waals surface area (Å²) in [6.45, 7) is 5.61. The molecule has 8 aromatic rings. The van der Waals surface area contributed by atoms with Gasteiger partial charge in [0.05, 0.1) is 45.7 Å². The highest BCUT2D eigenvalue weighted by molar-refractivity contribution is 6.00. The van der Waals surface area contributed by atoms with Crippen molar-refractivity contribution in [2.45, 2.75) is 45.7 Å². The number of carbonyl (C=O) groups excluding carboxylic acids is 4. The van der Waals surface area contributed by atoms with Crippen LogP contribution in [0.5, 0.6) is 11.5 Å². The molecule has 10 heterocycles. The second-order valence-electron chi connectivity index (χ2n) is 17.3.